The summed E-state index contributed by atoms with van der Waals surface area (Å²) in [6.07, 6.45) is 0.476. The number of benzene rings is 2. The van der Waals surface area contributed by atoms with Crippen LogP contribution in [0.2, 0.25) is 0 Å². The molecule has 2 N–H and O–H groups in total. The van der Waals surface area contributed by atoms with Crippen LogP contribution >= 0.6 is 0 Å². The number of nitrogens with one attached hydrogen (secondary N) is 1. The number of aryl methyl sites for hydroxylation is 1. The Hall–Kier alpha value is -2.38. The van der Waals surface area contributed by atoms with Crippen molar-refractivity contribution in [3.63, 3.8) is 0 Å². The minimum Gasteiger partial charge on any atom is -0.495 e. The number of methoxy groups -OCH3 is 1. The minimum atomic E-state index is -3.86. The molecule has 0 saturated carbocycles. The quantitative estimate of drug-likeness (QED) is 0.701. The summed E-state index contributed by atoms with van der Waals surface area (Å²) < 4.78 is 33.6. The van der Waals surface area contributed by atoms with Crippen molar-refractivity contribution in [3.05, 3.63) is 59.7 Å². The molecule has 1 atom stereocenters. The Kier molecular flexibility index (Phi) is 6.76. The van der Waals surface area contributed by atoms with Crippen LogP contribution in [0.5, 0.6) is 5.75 Å². The maximum absolute atomic E-state index is 12.9. The summed E-state index contributed by atoms with van der Waals surface area (Å²) in [5.41, 5.74) is 1.72. The molecular formula is C19H23NO5S. The van der Waals surface area contributed by atoms with Gasteiger partial charge in [0.25, 0.3) is 0 Å². The van der Waals surface area contributed by atoms with E-state index < -0.39 is 22.0 Å². The predicted octanol–water partition coefficient (Wildman–Crippen LogP) is 2.76. The van der Waals surface area contributed by atoms with E-state index >= 15 is 0 Å². The first-order chi connectivity index (χ1) is 12.3. The van der Waals surface area contributed by atoms with E-state index in [4.69, 9.17) is 9.84 Å². The molecule has 7 heteroatoms. The zero-order valence-electron chi connectivity index (χ0n) is 14.8. The summed E-state index contributed by atoms with van der Waals surface area (Å²) in [5, 5.41) is 8.97. The Balaban J connectivity index is 2.27. The molecule has 0 aromatic heterocycles. The van der Waals surface area contributed by atoms with Gasteiger partial charge in [0.1, 0.15) is 10.6 Å². The van der Waals surface area contributed by atoms with Crippen molar-refractivity contribution in [2.24, 2.45) is 0 Å². The molecule has 0 bridgehead atoms. The first kappa shape index (κ1) is 19.9. The van der Waals surface area contributed by atoms with Gasteiger partial charge in [-0.2, -0.15) is 0 Å². The summed E-state index contributed by atoms with van der Waals surface area (Å²) in [6.45, 7) is 1.80. The number of aliphatic carboxylic acids is 1. The molecule has 0 saturated heterocycles. The topological polar surface area (TPSA) is 92.7 Å². The highest BCUT2D eigenvalue weighted by Gasteiger charge is 2.24. The molecule has 6 nitrogen and oxygen atoms in total. The van der Waals surface area contributed by atoms with Crippen LogP contribution in [-0.2, 0) is 21.2 Å². The molecule has 2 aromatic carbocycles. The fourth-order valence-corrected chi connectivity index (χ4v) is 4.20. The Morgan fingerprint density at radius 2 is 1.88 bits per heavy atom. The van der Waals surface area contributed by atoms with E-state index in [0.29, 0.717) is 6.42 Å². The first-order valence-electron chi connectivity index (χ1n) is 8.24. The zero-order valence-corrected chi connectivity index (χ0v) is 15.6. The number of hydrogen-bond acceptors (Lipinski definition) is 4. The third-order valence-electron chi connectivity index (χ3n) is 3.96. The summed E-state index contributed by atoms with van der Waals surface area (Å²) >= 11 is 0. The van der Waals surface area contributed by atoms with Gasteiger partial charge in [-0.05, 0) is 43.0 Å². The van der Waals surface area contributed by atoms with E-state index in [0.717, 1.165) is 11.1 Å². The van der Waals surface area contributed by atoms with Gasteiger partial charge < -0.3 is 9.84 Å². The lowest BCUT2D eigenvalue weighted by Gasteiger charge is -2.19. The van der Waals surface area contributed by atoms with Gasteiger partial charge in [0.05, 0.1) is 7.11 Å². The Morgan fingerprint density at radius 1 is 1.19 bits per heavy atom. The predicted molar refractivity (Wildman–Crippen MR) is 98.9 cm³/mol. The van der Waals surface area contributed by atoms with E-state index in [1.165, 1.54) is 13.2 Å². The maximum Gasteiger partial charge on any atom is 0.303 e. The third kappa shape index (κ3) is 5.57. The lowest BCUT2D eigenvalue weighted by atomic mass is 10.0. The Labute approximate surface area is 153 Å². The number of ether oxygens (including phenoxy) is 1. The van der Waals surface area contributed by atoms with Crippen LogP contribution in [0, 0.1) is 6.92 Å². The van der Waals surface area contributed by atoms with Crippen molar-refractivity contribution in [1.82, 2.24) is 4.72 Å². The normalized spacial score (nSPS) is 12.5. The van der Waals surface area contributed by atoms with E-state index in [-0.39, 0.29) is 23.5 Å². The number of rotatable bonds is 9. The van der Waals surface area contributed by atoms with Crippen molar-refractivity contribution in [2.75, 3.05) is 7.11 Å². The average Bonchev–Trinajstić information content (AvgIpc) is 2.60. The van der Waals surface area contributed by atoms with E-state index in [1.807, 2.05) is 30.3 Å². The van der Waals surface area contributed by atoms with Crippen molar-refractivity contribution < 1.29 is 23.1 Å². The highest BCUT2D eigenvalue weighted by molar-refractivity contribution is 7.89. The van der Waals surface area contributed by atoms with Gasteiger partial charge in [-0.25, -0.2) is 13.1 Å². The second kappa shape index (κ2) is 8.82. The molecule has 140 valence electrons. The smallest absolute Gasteiger partial charge is 0.303 e. The molecule has 2 rings (SSSR count). The van der Waals surface area contributed by atoms with Gasteiger partial charge in [-0.15, -0.1) is 0 Å². The highest BCUT2D eigenvalue weighted by atomic mass is 32.2. The Bertz CT molecular complexity index is 849. The van der Waals surface area contributed by atoms with Crippen molar-refractivity contribution in [1.29, 1.82) is 0 Å². The lowest BCUT2D eigenvalue weighted by molar-refractivity contribution is -0.137. The van der Waals surface area contributed by atoms with E-state index in [9.17, 15) is 13.2 Å². The molecule has 0 spiro atoms. The fourth-order valence-electron chi connectivity index (χ4n) is 2.68. The number of sulfonamides is 1. The molecular weight excluding hydrogens is 354 g/mol. The monoisotopic (exact) mass is 377 g/mol. The number of hydrogen-bond donors (Lipinski definition) is 2. The number of carboxylic acids is 1. The summed E-state index contributed by atoms with van der Waals surface area (Å²) in [5.74, 6) is -0.713. The molecule has 26 heavy (non-hydrogen) atoms. The molecule has 0 heterocycles. The van der Waals surface area contributed by atoms with E-state index in [1.54, 1.807) is 19.1 Å². The van der Waals surface area contributed by atoms with Crippen LogP contribution in [0.25, 0.3) is 0 Å². The van der Waals surface area contributed by atoms with Gasteiger partial charge >= 0.3 is 5.97 Å². The van der Waals surface area contributed by atoms with Gasteiger partial charge in [0.2, 0.25) is 10.0 Å². The average molecular weight is 377 g/mol. The molecule has 0 amide bonds. The molecule has 0 fully saturated rings. The minimum absolute atomic E-state index is 0.0494. The molecule has 1 unspecified atom stereocenters. The van der Waals surface area contributed by atoms with Gasteiger partial charge in [-0.1, -0.05) is 36.4 Å². The summed E-state index contributed by atoms with van der Waals surface area (Å²) in [4.78, 5) is 11.0. The summed E-state index contributed by atoms with van der Waals surface area (Å²) in [7, 11) is -2.45. The van der Waals surface area contributed by atoms with Crippen molar-refractivity contribution >= 4 is 16.0 Å². The lowest BCUT2D eigenvalue weighted by Crippen LogP contribution is -2.37. The van der Waals surface area contributed by atoms with Gasteiger partial charge in [0.15, 0.2) is 0 Å². The van der Waals surface area contributed by atoms with Crippen LogP contribution in [0.4, 0.5) is 0 Å². The Morgan fingerprint density at radius 3 is 2.50 bits per heavy atom. The zero-order chi connectivity index (χ0) is 19.2. The molecule has 2 aromatic rings. The first-order valence-corrected chi connectivity index (χ1v) is 9.73. The highest BCUT2D eigenvalue weighted by Crippen LogP contribution is 2.25. The standard InChI is InChI=1S/C19H23NO5S/c1-14-8-10-17(25-2)18(12-14)26(23,24)20-16(9-11-19(21)22)13-15-6-4-3-5-7-15/h3-8,10,12,16,20H,9,11,13H2,1-2H3,(H,21,22). The van der Waals surface area contributed by atoms with Crippen LogP contribution in [0.15, 0.2) is 53.4 Å². The second-order valence-corrected chi connectivity index (χ2v) is 7.78. The maximum atomic E-state index is 12.9. The molecule has 0 aliphatic rings. The van der Waals surface area contributed by atoms with Crippen LogP contribution in [0.3, 0.4) is 0 Å². The molecule has 0 radical (unpaired) electrons. The van der Waals surface area contributed by atoms with Crippen molar-refractivity contribution in [2.45, 2.75) is 37.1 Å². The van der Waals surface area contributed by atoms with Gasteiger partial charge in [0, 0.05) is 12.5 Å². The van der Waals surface area contributed by atoms with Crippen LogP contribution in [0.1, 0.15) is 24.0 Å². The second-order valence-electron chi connectivity index (χ2n) is 6.09. The van der Waals surface area contributed by atoms with Crippen LogP contribution in [-0.4, -0.2) is 32.6 Å². The molecule has 0 aliphatic carbocycles. The summed E-state index contributed by atoms with van der Waals surface area (Å²) in [6, 6.07) is 13.7. The van der Waals surface area contributed by atoms with Crippen molar-refractivity contribution in [3.8, 4) is 5.75 Å². The van der Waals surface area contributed by atoms with Gasteiger partial charge in [-0.3, -0.25) is 4.79 Å². The number of carbonyl (C=O) groups is 1. The third-order valence-corrected chi connectivity index (χ3v) is 5.50. The fraction of sp³-hybridized carbons (Fsp3) is 0.316. The van der Waals surface area contributed by atoms with Crippen LogP contribution < -0.4 is 9.46 Å². The SMILES string of the molecule is COc1ccc(C)cc1S(=O)(=O)NC(CCC(=O)O)Cc1ccccc1. The largest absolute Gasteiger partial charge is 0.495 e. The molecule has 0 aliphatic heterocycles. The van der Waals surface area contributed by atoms with E-state index in [2.05, 4.69) is 4.72 Å². The number of carboxylic acid groups (broad SMARTS) is 1.